The highest BCUT2D eigenvalue weighted by Gasteiger charge is 2.20. The molecular formula is C21H22N4O6+2. The lowest BCUT2D eigenvalue weighted by Crippen LogP contribution is -2.73. The molecule has 160 valence electrons. The van der Waals surface area contributed by atoms with Gasteiger partial charge in [0.2, 0.25) is 5.69 Å². The Morgan fingerprint density at radius 2 is 1.35 bits per heavy atom. The number of aromatic nitrogens is 2. The van der Waals surface area contributed by atoms with Crippen molar-refractivity contribution in [3.05, 3.63) is 86.2 Å². The fourth-order valence-electron chi connectivity index (χ4n) is 2.88. The third kappa shape index (κ3) is 4.32. The molecule has 0 saturated carbocycles. The van der Waals surface area contributed by atoms with Crippen LogP contribution in [0.3, 0.4) is 0 Å². The molecule has 0 aliphatic heterocycles. The van der Waals surface area contributed by atoms with Crippen LogP contribution in [0.2, 0.25) is 0 Å². The fraction of sp³-hybridized carbons (Fsp3) is 0.143. The van der Waals surface area contributed by atoms with E-state index in [1.54, 1.807) is 24.3 Å². The van der Waals surface area contributed by atoms with E-state index >= 15 is 0 Å². The second kappa shape index (κ2) is 8.57. The van der Waals surface area contributed by atoms with Gasteiger partial charge < -0.3 is 29.6 Å². The van der Waals surface area contributed by atoms with Crippen LogP contribution >= 0.6 is 0 Å². The Morgan fingerprint density at radius 1 is 0.839 bits per heavy atom. The first-order valence-corrected chi connectivity index (χ1v) is 9.19. The summed E-state index contributed by atoms with van der Waals surface area (Å²) in [5.41, 5.74) is -0.380. The number of nitrogens with one attached hydrogen (secondary N) is 2. The molecule has 10 heteroatoms. The summed E-state index contributed by atoms with van der Waals surface area (Å²) in [6, 6.07) is 9.59. The van der Waals surface area contributed by atoms with Gasteiger partial charge in [0.1, 0.15) is 11.1 Å². The molecule has 2 aromatic heterocycles. The largest absolute Gasteiger partial charge is 0.502 e. The van der Waals surface area contributed by atoms with Gasteiger partial charge in [0.15, 0.2) is 18.0 Å². The number of nitrogens with zero attached hydrogens (tertiary/aromatic N) is 2. The molecule has 0 aliphatic carbocycles. The summed E-state index contributed by atoms with van der Waals surface area (Å²) in [4.78, 5) is 29.2. The van der Waals surface area contributed by atoms with Crippen molar-refractivity contribution in [2.45, 2.75) is 6.54 Å². The normalized spacial score (nSPS) is 12.2. The summed E-state index contributed by atoms with van der Waals surface area (Å²) in [7, 11) is 2.95. The quantitative estimate of drug-likeness (QED) is 0.201. The van der Waals surface area contributed by atoms with Crippen molar-refractivity contribution in [3.63, 3.8) is 0 Å². The van der Waals surface area contributed by atoms with Crippen molar-refractivity contribution in [2.75, 3.05) is 0 Å². The predicted molar refractivity (Wildman–Crippen MR) is 112 cm³/mol. The first kappa shape index (κ1) is 21.4. The molecule has 0 spiro atoms. The van der Waals surface area contributed by atoms with Gasteiger partial charge in [0, 0.05) is 32.6 Å². The van der Waals surface area contributed by atoms with Gasteiger partial charge in [-0.1, -0.05) is 12.1 Å². The second-order valence-electron chi connectivity index (χ2n) is 6.82. The number of aliphatic hydroxyl groups excluding tert-OH is 2. The highest BCUT2D eigenvalue weighted by atomic mass is 16.3. The minimum absolute atomic E-state index is 0.0481. The van der Waals surface area contributed by atoms with Gasteiger partial charge in [-0.05, 0) is 18.2 Å². The zero-order valence-electron chi connectivity index (χ0n) is 16.8. The van der Waals surface area contributed by atoms with Crippen LogP contribution in [0.5, 0.6) is 11.5 Å². The van der Waals surface area contributed by atoms with E-state index in [1.165, 1.54) is 47.8 Å². The summed E-state index contributed by atoms with van der Waals surface area (Å²) in [6.45, 7) is 0.0689. The summed E-state index contributed by atoms with van der Waals surface area (Å²) in [5, 5.41) is 40.6. The molecule has 6 N–H and O–H groups in total. The molecular weight excluding hydrogens is 404 g/mol. The predicted octanol–water partition coefficient (Wildman–Crippen LogP) is -2.20. The molecule has 0 radical (unpaired) electrons. The summed E-state index contributed by atoms with van der Waals surface area (Å²) in [5.74, 6) is -2.02. The third-order valence-electron chi connectivity index (χ3n) is 4.71. The standard InChI is InChI=1S/C21H20N4O6/c1-24-9-7-13(16(26)20(24)30)18(28)22-11-12-5-3-4-6-15(12)23-19(29)14-8-10-25(2)21(31)17(14)27/h3-10,26-27H,11H2,1-2H3,(H,22,28)(H,23,29)/p+2. The molecule has 0 aliphatic rings. The lowest BCUT2D eigenvalue weighted by atomic mass is 10.1. The molecule has 0 amide bonds. The maximum absolute atomic E-state index is 11.9. The van der Waals surface area contributed by atoms with Crippen LogP contribution < -0.4 is 21.1 Å². The average molecular weight is 426 g/mol. The van der Waals surface area contributed by atoms with Crippen molar-refractivity contribution in [1.29, 1.82) is 0 Å². The monoisotopic (exact) mass is 426 g/mol. The van der Waals surface area contributed by atoms with E-state index < -0.39 is 34.4 Å². The molecule has 3 aromatic rings. The van der Waals surface area contributed by atoms with E-state index in [0.717, 1.165) is 0 Å². The molecule has 3 rings (SSSR count). The summed E-state index contributed by atoms with van der Waals surface area (Å²) in [6.07, 6.45) is 2.82. The third-order valence-corrected chi connectivity index (χ3v) is 4.71. The number of benzene rings is 1. The molecule has 0 fully saturated rings. The molecule has 10 nitrogen and oxygen atoms in total. The molecule has 2 heterocycles. The smallest absolute Gasteiger partial charge is 0.375 e. The van der Waals surface area contributed by atoms with Crippen LogP contribution in [-0.2, 0) is 20.6 Å². The number of pyridine rings is 2. The van der Waals surface area contributed by atoms with E-state index in [9.17, 15) is 30.0 Å². The van der Waals surface area contributed by atoms with Gasteiger partial charge in [0.05, 0.1) is 5.56 Å². The number of hydrogen-bond acceptors (Lipinski definition) is 4. The Kier molecular flexibility index (Phi) is 5.91. The molecule has 0 unspecified atom stereocenters. The van der Waals surface area contributed by atoms with Gasteiger partial charge in [-0.15, -0.1) is 0 Å². The van der Waals surface area contributed by atoms with E-state index in [1.807, 2.05) is 0 Å². The van der Waals surface area contributed by atoms with Gasteiger partial charge in [-0.2, -0.15) is 4.99 Å². The van der Waals surface area contributed by atoms with E-state index in [0.29, 0.717) is 11.3 Å². The van der Waals surface area contributed by atoms with Gasteiger partial charge in [0.25, 0.3) is 11.1 Å². The number of rotatable bonds is 5. The minimum Gasteiger partial charge on any atom is -0.502 e. The number of aromatic hydroxyl groups is 2. The molecule has 0 saturated heterocycles. The van der Waals surface area contributed by atoms with Gasteiger partial charge >= 0.3 is 11.8 Å². The lowest BCUT2D eigenvalue weighted by molar-refractivity contribution is -0.485. The van der Waals surface area contributed by atoms with Crippen molar-refractivity contribution < 1.29 is 30.4 Å². The molecule has 1 aromatic carbocycles. The number of aryl methyl sites for hydroxylation is 2. The Bertz CT molecular complexity index is 1320. The number of aliphatic hydroxyl groups is 2. The maximum Gasteiger partial charge on any atom is 0.375 e. The zero-order valence-corrected chi connectivity index (χ0v) is 16.8. The van der Waals surface area contributed by atoms with Gasteiger partial charge in [-0.3, -0.25) is 9.59 Å². The Hall–Kier alpha value is -4.34. The van der Waals surface area contributed by atoms with Gasteiger partial charge in [-0.25, -0.2) is 4.99 Å². The van der Waals surface area contributed by atoms with Crippen LogP contribution in [0.4, 0.5) is 5.69 Å². The van der Waals surface area contributed by atoms with Crippen molar-refractivity contribution >= 4 is 17.5 Å². The summed E-state index contributed by atoms with van der Waals surface area (Å²) < 4.78 is 2.35. The Morgan fingerprint density at radius 3 is 1.94 bits per heavy atom. The van der Waals surface area contributed by atoms with Crippen LogP contribution in [-0.4, -0.2) is 41.4 Å². The highest BCUT2D eigenvalue weighted by Crippen LogP contribution is 2.11. The first-order valence-electron chi connectivity index (χ1n) is 9.19. The van der Waals surface area contributed by atoms with Crippen LogP contribution in [0.25, 0.3) is 0 Å². The Labute approximate surface area is 176 Å². The Balaban J connectivity index is 1.94. The van der Waals surface area contributed by atoms with Crippen LogP contribution in [0, 0.1) is 0 Å². The molecule has 31 heavy (non-hydrogen) atoms. The van der Waals surface area contributed by atoms with Crippen molar-refractivity contribution in [2.24, 2.45) is 14.1 Å². The SMILES string of the molecule is Cn1ccc(C(O)=[NH+]Cc2ccccc2[NH+]=C(O)c2ccn(C)c(=O)c2O)c(O)c1=O. The number of hydrogen-bond donors (Lipinski definition) is 6. The van der Waals surface area contributed by atoms with Crippen molar-refractivity contribution in [3.8, 4) is 11.5 Å². The maximum atomic E-state index is 11.9. The second-order valence-corrected chi connectivity index (χ2v) is 6.82. The van der Waals surface area contributed by atoms with Crippen LogP contribution in [0.1, 0.15) is 16.7 Å². The molecule has 0 atom stereocenters. The van der Waals surface area contributed by atoms with E-state index in [4.69, 9.17) is 0 Å². The molecule has 0 bridgehead atoms. The topological polar surface area (TPSA) is 153 Å². The van der Waals surface area contributed by atoms with Crippen LogP contribution in [0.15, 0.2) is 58.4 Å². The van der Waals surface area contributed by atoms with Crippen molar-refractivity contribution in [1.82, 2.24) is 9.13 Å². The first-order chi connectivity index (χ1) is 14.7. The highest BCUT2D eigenvalue weighted by molar-refractivity contribution is 5.91. The van der Waals surface area contributed by atoms with E-state index in [2.05, 4.69) is 9.98 Å². The van der Waals surface area contributed by atoms with E-state index in [-0.39, 0.29) is 17.7 Å². The average Bonchev–Trinajstić information content (AvgIpc) is 2.75. The zero-order chi connectivity index (χ0) is 22.7. The number of para-hydroxylation sites is 1. The fourth-order valence-corrected chi connectivity index (χ4v) is 2.88. The minimum atomic E-state index is -0.658. The summed E-state index contributed by atoms with van der Waals surface area (Å²) >= 11 is 0. The lowest BCUT2D eigenvalue weighted by Gasteiger charge is -2.02.